The molecule has 3 nitrogen and oxygen atoms in total. The summed E-state index contributed by atoms with van der Waals surface area (Å²) >= 11 is 2.53. The van der Waals surface area contributed by atoms with Crippen molar-refractivity contribution in [3.63, 3.8) is 0 Å². The summed E-state index contributed by atoms with van der Waals surface area (Å²) in [7, 11) is 2.28. The lowest BCUT2D eigenvalue weighted by molar-refractivity contribution is -0.138. The SMILES string of the molecule is CNc1c(C(=O)OC)cc(C(F)(F)F)c(Br)c1F. The first-order valence-electron chi connectivity index (χ1n) is 4.59. The summed E-state index contributed by atoms with van der Waals surface area (Å²) in [5.74, 6) is -2.26. The second-order valence-electron chi connectivity index (χ2n) is 3.21. The first-order chi connectivity index (χ1) is 8.23. The van der Waals surface area contributed by atoms with Crippen LogP contribution in [0.2, 0.25) is 0 Å². The molecule has 8 heteroatoms. The van der Waals surface area contributed by atoms with Gasteiger partial charge in [-0.3, -0.25) is 0 Å². The smallest absolute Gasteiger partial charge is 0.417 e. The number of methoxy groups -OCH3 is 1. The van der Waals surface area contributed by atoms with Gasteiger partial charge in [-0.05, 0) is 22.0 Å². The molecule has 1 rings (SSSR count). The van der Waals surface area contributed by atoms with Gasteiger partial charge in [0.15, 0.2) is 5.82 Å². The Kier molecular flexibility index (Phi) is 4.20. The number of alkyl halides is 3. The van der Waals surface area contributed by atoms with Crippen molar-refractivity contribution < 1.29 is 27.1 Å². The Morgan fingerprint density at radius 3 is 2.39 bits per heavy atom. The molecule has 0 bridgehead atoms. The molecular weight excluding hydrogens is 322 g/mol. The van der Waals surface area contributed by atoms with Crippen molar-refractivity contribution in [2.24, 2.45) is 0 Å². The Morgan fingerprint density at radius 1 is 1.44 bits per heavy atom. The van der Waals surface area contributed by atoms with Crippen LogP contribution in [0.15, 0.2) is 10.5 Å². The number of ether oxygens (including phenoxy) is 1. The molecule has 0 aliphatic rings. The highest BCUT2D eigenvalue weighted by Gasteiger charge is 2.37. The van der Waals surface area contributed by atoms with Gasteiger partial charge in [-0.25, -0.2) is 9.18 Å². The summed E-state index contributed by atoms with van der Waals surface area (Å²) in [6, 6.07) is 0.533. The molecule has 0 heterocycles. The Labute approximate surface area is 108 Å². The molecule has 0 radical (unpaired) electrons. The van der Waals surface area contributed by atoms with Crippen LogP contribution < -0.4 is 5.32 Å². The van der Waals surface area contributed by atoms with Crippen molar-refractivity contribution in [1.82, 2.24) is 0 Å². The average Bonchev–Trinajstić information content (AvgIpc) is 2.29. The zero-order valence-electron chi connectivity index (χ0n) is 9.28. The topological polar surface area (TPSA) is 38.3 Å². The summed E-state index contributed by atoms with van der Waals surface area (Å²) in [4.78, 5) is 11.3. The molecular formula is C10H8BrF4NO2. The third-order valence-corrected chi connectivity index (χ3v) is 2.94. The molecule has 1 N–H and O–H groups in total. The van der Waals surface area contributed by atoms with E-state index in [4.69, 9.17) is 0 Å². The van der Waals surface area contributed by atoms with E-state index < -0.39 is 33.6 Å². The zero-order chi connectivity index (χ0) is 14.1. The minimum atomic E-state index is -4.78. The maximum absolute atomic E-state index is 13.7. The Balaban J connectivity index is 3.61. The number of benzene rings is 1. The molecule has 1 aromatic rings. The van der Waals surface area contributed by atoms with Gasteiger partial charge in [0.05, 0.1) is 28.4 Å². The monoisotopic (exact) mass is 329 g/mol. The molecule has 0 saturated carbocycles. The van der Waals surface area contributed by atoms with E-state index in [0.29, 0.717) is 6.07 Å². The largest absolute Gasteiger partial charge is 0.465 e. The molecule has 0 atom stereocenters. The fourth-order valence-corrected chi connectivity index (χ4v) is 1.89. The van der Waals surface area contributed by atoms with Crippen molar-refractivity contribution >= 4 is 27.6 Å². The molecule has 0 spiro atoms. The molecule has 100 valence electrons. The summed E-state index contributed by atoms with van der Waals surface area (Å²) in [5.41, 5.74) is -2.16. The van der Waals surface area contributed by atoms with Crippen LogP contribution in [-0.4, -0.2) is 20.1 Å². The van der Waals surface area contributed by atoms with Gasteiger partial charge >= 0.3 is 12.1 Å². The maximum atomic E-state index is 13.7. The molecule has 0 aliphatic carbocycles. The molecule has 1 aromatic carbocycles. The molecule has 0 aromatic heterocycles. The minimum Gasteiger partial charge on any atom is -0.465 e. The standard InChI is InChI=1S/C10H8BrF4NO2/c1-16-8-4(9(17)18-2)3-5(10(13,14)15)6(11)7(8)12/h3,16H,1-2H3. The highest BCUT2D eigenvalue weighted by Crippen LogP contribution is 2.40. The highest BCUT2D eigenvalue weighted by molar-refractivity contribution is 9.10. The second kappa shape index (κ2) is 5.13. The summed E-state index contributed by atoms with van der Waals surface area (Å²) in [6.45, 7) is 0. The molecule has 0 amide bonds. The van der Waals surface area contributed by atoms with Crippen LogP contribution in [0.4, 0.5) is 23.2 Å². The predicted molar refractivity (Wildman–Crippen MR) is 60.0 cm³/mol. The quantitative estimate of drug-likeness (QED) is 0.667. The van der Waals surface area contributed by atoms with E-state index in [1.807, 2.05) is 0 Å². The Bertz CT molecular complexity index is 488. The first kappa shape index (κ1) is 14.7. The van der Waals surface area contributed by atoms with Crippen LogP contribution in [0.25, 0.3) is 0 Å². The molecule has 0 aliphatic heterocycles. The summed E-state index contributed by atoms with van der Waals surface area (Å²) in [6.07, 6.45) is -4.78. The van der Waals surface area contributed by atoms with Crippen LogP contribution in [0, 0.1) is 5.82 Å². The van der Waals surface area contributed by atoms with Crippen LogP contribution >= 0.6 is 15.9 Å². The molecule has 0 unspecified atom stereocenters. The third-order valence-electron chi connectivity index (χ3n) is 2.17. The lowest BCUT2D eigenvalue weighted by Gasteiger charge is -2.15. The van der Waals surface area contributed by atoms with Gasteiger partial charge in [-0.2, -0.15) is 13.2 Å². The van der Waals surface area contributed by atoms with Gasteiger partial charge in [0.25, 0.3) is 0 Å². The highest BCUT2D eigenvalue weighted by atomic mass is 79.9. The van der Waals surface area contributed by atoms with E-state index >= 15 is 0 Å². The lowest BCUT2D eigenvalue weighted by atomic mass is 10.1. The normalized spacial score (nSPS) is 11.3. The van der Waals surface area contributed by atoms with E-state index in [-0.39, 0.29) is 5.69 Å². The third kappa shape index (κ3) is 2.58. The first-order valence-corrected chi connectivity index (χ1v) is 5.38. The minimum absolute atomic E-state index is 0.360. The van der Waals surface area contributed by atoms with Gasteiger partial charge in [-0.15, -0.1) is 0 Å². The summed E-state index contributed by atoms with van der Waals surface area (Å²) in [5, 5.41) is 2.33. The fourth-order valence-electron chi connectivity index (χ4n) is 1.35. The molecule has 18 heavy (non-hydrogen) atoms. The van der Waals surface area contributed by atoms with E-state index in [0.717, 1.165) is 7.11 Å². The number of esters is 1. The molecule has 0 fully saturated rings. The van der Waals surface area contributed by atoms with Crippen molar-refractivity contribution in [2.75, 3.05) is 19.5 Å². The van der Waals surface area contributed by atoms with Gasteiger partial charge in [0.1, 0.15) is 0 Å². The van der Waals surface area contributed by atoms with Crippen molar-refractivity contribution in [3.05, 3.63) is 27.5 Å². The summed E-state index contributed by atoms with van der Waals surface area (Å²) < 4.78 is 55.2. The van der Waals surface area contributed by atoms with Crippen LogP contribution in [-0.2, 0) is 10.9 Å². The second-order valence-corrected chi connectivity index (χ2v) is 4.01. The number of rotatable bonds is 2. The van der Waals surface area contributed by atoms with E-state index in [9.17, 15) is 22.4 Å². The van der Waals surface area contributed by atoms with Gasteiger partial charge in [0.2, 0.25) is 0 Å². The number of hydrogen-bond donors (Lipinski definition) is 1. The van der Waals surface area contributed by atoms with Gasteiger partial charge < -0.3 is 10.1 Å². The van der Waals surface area contributed by atoms with E-state index in [2.05, 4.69) is 26.0 Å². The number of carbonyl (C=O) groups is 1. The lowest BCUT2D eigenvalue weighted by Crippen LogP contribution is -2.14. The fraction of sp³-hybridized carbons (Fsp3) is 0.300. The zero-order valence-corrected chi connectivity index (χ0v) is 10.9. The van der Waals surface area contributed by atoms with Gasteiger partial charge in [-0.1, -0.05) is 0 Å². The number of carbonyl (C=O) groups excluding carboxylic acids is 1. The number of halogens is 5. The Hall–Kier alpha value is -1.31. The number of hydrogen-bond acceptors (Lipinski definition) is 3. The van der Waals surface area contributed by atoms with Crippen LogP contribution in [0.3, 0.4) is 0 Å². The van der Waals surface area contributed by atoms with Crippen LogP contribution in [0.1, 0.15) is 15.9 Å². The van der Waals surface area contributed by atoms with E-state index in [1.165, 1.54) is 7.05 Å². The predicted octanol–water partition coefficient (Wildman–Crippen LogP) is 3.44. The van der Waals surface area contributed by atoms with Crippen molar-refractivity contribution in [2.45, 2.75) is 6.18 Å². The van der Waals surface area contributed by atoms with Crippen molar-refractivity contribution in [1.29, 1.82) is 0 Å². The number of anilines is 1. The van der Waals surface area contributed by atoms with Crippen molar-refractivity contribution in [3.8, 4) is 0 Å². The molecule has 0 saturated heterocycles. The number of nitrogens with one attached hydrogen (secondary N) is 1. The average molecular weight is 330 g/mol. The Morgan fingerprint density at radius 2 is 2.00 bits per heavy atom. The van der Waals surface area contributed by atoms with Gasteiger partial charge in [0, 0.05) is 7.05 Å². The van der Waals surface area contributed by atoms with E-state index in [1.54, 1.807) is 0 Å². The maximum Gasteiger partial charge on any atom is 0.417 e. The van der Waals surface area contributed by atoms with Crippen LogP contribution in [0.5, 0.6) is 0 Å².